The van der Waals surface area contributed by atoms with Gasteiger partial charge in [0.1, 0.15) is 5.75 Å². The van der Waals surface area contributed by atoms with E-state index in [-0.39, 0.29) is 11.9 Å². The van der Waals surface area contributed by atoms with Gasteiger partial charge in [0.05, 0.1) is 13.0 Å². The van der Waals surface area contributed by atoms with Crippen LogP contribution in [0.1, 0.15) is 32.3 Å². The molecule has 0 radical (unpaired) electrons. The molecule has 1 aromatic rings. The van der Waals surface area contributed by atoms with Gasteiger partial charge in [-0.1, -0.05) is 18.2 Å². The summed E-state index contributed by atoms with van der Waals surface area (Å²) in [6.45, 7) is 6.29. The average Bonchev–Trinajstić information content (AvgIpc) is 2.48. The van der Waals surface area contributed by atoms with Crippen LogP contribution >= 0.6 is 0 Å². The molecule has 0 unspecified atom stereocenters. The van der Waals surface area contributed by atoms with Crippen LogP contribution in [0.15, 0.2) is 30.3 Å². The minimum absolute atomic E-state index is 0.0291. The molecule has 1 amide bonds. The lowest BCUT2D eigenvalue weighted by Gasteiger charge is -2.14. The second-order valence-corrected chi connectivity index (χ2v) is 5.53. The fraction of sp³-hybridized carbons (Fsp3) is 0.471. The van der Waals surface area contributed by atoms with Crippen molar-refractivity contribution in [1.29, 1.82) is 0 Å². The van der Waals surface area contributed by atoms with Crippen molar-refractivity contribution in [3.05, 3.63) is 35.9 Å². The summed E-state index contributed by atoms with van der Waals surface area (Å²) in [6, 6.07) is 8.29. The Balaban J connectivity index is 1.80. The van der Waals surface area contributed by atoms with Gasteiger partial charge in [-0.05, 0) is 50.1 Å². The lowest BCUT2D eigenvalue weighted by molar-refractivity contribution is -0.122. The van der Waals surface area contributed by atoms with Crippen molar-refractivity contribution in [3.8, 4) is 5.75 Å². The van der Waals surface area contributed by atoms with E-state index in [1.165, 1.54) is 11.1 Å². The van der Waals surface area contributed by atoms with Gasteiger partial charge >= 0.3 is 0 Å². The number of nitrogens with one attached hydrogen (secondary N) is 2. The fourth-order valence-corrected chi connectivity index (χ4v) is 2.31. The summed E-state index contributed by atoms with van der Waals surface area (Å²) in [7, 11) is 0. The zero-order valence-electron chi connectivity index (χ0n) is 12.8. The van der Waals surface area contributed by atoms with Crippen molar-refractivity contribution in [2.24, 2.45) is 0 Å². The molecule has 0 saturated heterocycles. The Morgan fingerprint density at radius 1 is 1.33 bits per heavy atom. The molecule has 114 valence electrons. The third-order valence-electron chi connectivity index (χ3n) is 3.34. The molecule has 1 aromatic carbocycles. The molecule has 1 heterocycles. The van der Waals surface area contributed by atoms with Crippen LogP contribution in [0.4, 0.5) is 0 Å². The molecule has 1 aliphatic rings. The predicted octanol–water partition coefficient (Wildman–Crippen LogP) is 2.36. The Bertz CT molecular complexity index is 492. The van der Waals surface area contributed by atoms with E-state index < -0.39 is 0 Å². The molecular weight excluding hydrogens is 264 g/mol. The topological polar surface area (TPSA) is 50.4 Å². The number of hydrogen-bond acceptors (Lipinski definition) is 3. The summed E-state index contributed by atoms with van der Waals surface area (Å²) < 4.78 is 5.61. The van der Waals surface area contributed by atoms with E-state index in [9.17, 15) is 4.79 Å². The fourth-order valence-electron chi connectivity index (χ4n) is 2.31. The molecule has 4 heteroatoms. The van der Waals surface area contributed by atoms with Crippen LogP contribution in [0.3, 0.4) is 0 Å². The number of hydrogen-bond donors (Lipinski definition) is 2. The number of carbonyl (C=O) groups excluding carboxylic acids is 1. The zero-order chi connectivity index (χ0) is 15.1. The molecule has 2 rings (SSSR count). The third-order valence-corrected chi connectivity index (χ3v) is 3.34. The van der Waals surface area contributed by atoms with Crippen molar-refractivity contribution in [3.63, 3.8) is 0 Å². The summed E-state index contributed by atoms with van der Waals surface area (Å²) in [5.74, 6) is 0.840. The maximum atomic E-state index is 11.5. The van der Waals surface area contributed by atoms with Gasteiger partial charge in [0.2, 0.25) is 5.91 Å². The summed E-state index contributed by atoms with van der Waals surface area (Å²) >= 11 is 0. The number of amides is 1. The highest BCUT2D eigenvalue weighted by atomic mass is 16.5. The van der Waals surface area contributed by atoms with Crippen molar-refractivity contribution in [1.82, 2.24) is 10.6 Å². The van der Waals surface area contributed by atoms with Crippen LogP contribution < -0.4 is 15.4 Å². The lowest BCUT2D eigenvalue weighted by atomic mass is 10.0. The maximum Gasteiger partial charge on any atom is 0.223 e. The normalized spacial score (nSPS) is 14.7. The van der Waals surface area contributed by atoms with Gasteiger partial charge in [0.25, 0.3) is 0 Å². The summed E-state index contributed by atoms with van der Waals surface area (Å²) in [6.07, 6.45) is 3.68. The van der Waals surface area contributed by atoms with E-state index in [1.54, 1.807) is 0 Å². The Kier molecular flexibility index (Phi) is 5.81. The van der Waals surface area contributed by atoms with Gasteiger partial charge in [-0.3, -0.25) is 4.79 Å². The van der Waals surface area contributed by atoms with Gasteiger partial charge in [0.15, 0.2) is 0 Å². The molecule has 0 atom stereocenters. The predicted molar refractivity (Wildman–Crippen MR) is 85.3 cm³/mol. The number of rotatable bonds is 6. The second-order valence-electron chi connectivity index (χ2n) is 5.53. The minimum atomic E-state index is 0.0291. The number of ether oxygens (including phenoxy) is 1. The highest BCUT2D eigenvalue weighted by Gasteiger charge is 2.06. The molecule has 2 N–H and O–H groups in total. The van der Waals surface area contributed by atoms with E-state index in [4.69, 9.17) is 4.74 Å². The first-order valence-corrected chi connectivity index (χ1v) is 7.57. The van der Waals surface area contributed by atoms with E-state index in [0.717, 1.165) is 25.3 Å². The largest absolute Gasteiger partial charge is 0.493 e. The third kappa shape index (κ3) is 5.23. The van der Waals surface area contributed by atoms with E-state index in [1.807, 2.05) is 26.0 Å². The molecule has 0 spiro atoms. The smallest absolute Gasteiger partial charge is 0.223 e. The van der Waals surface area contributed by atoms with Gasteiger partial charge in [-0.2, -0.15) is 0 Å². The second kappa shape index (κ2) is 7.84. The van der Waals surface area contributed by atoms with Gasteiger partial charge in [-0.15, -0.1) is 0 Å². The Hall–Kier alpha value is -1.81. The number of benzene rings is 1. The lowest BCUT2D eigenvalue weighted by Crippen LogP contribution is -2.31. The first-order valence-electron chi connectivity index (χ1n) is 7.57. The quantitative estimate of drug-likeness (QED) is 0.845. The average molecular weight is 288 g/mol. The Morgan fingerprint density at radius 3 is 2.71 bits per heavy atom. The summed E-state index contributed by atoms with van der Waals surface area (Å²) in [4.78, 5) is 11.5. The maximum absolute atomic E-state index is 11.5. The van der Waals surface area contributed by atoms with Gasteiger partial charge < -0.3 is 15.4 Å². The number of carbonyl (C=O) groups is 1. The molecule has 0 aromatic heterocycles. The van der Waals surface area contributed by atoms with Crippen molar-refractivity contribution in [2.75, 3.05) is 19.7 Å². The zero-order valence-corrected chi connectivity index (χ0v) is 12.8. The first-order chi connectivity index (χ1) is 10.1. The molecule has 4 nitrogen and oxygen atoms in total. The van der Waals surface area contributed by atoms with E-state index in [0.29, 0.717) is 13.0 Å². The minimum Gasteiger partial charge on any atom is -0.493 e. The van der Waals surface area contributed by atoms with Crippen molar-refractivity contribution >= 4 is 11.5 Å². The molecule has 1 aliphatic heterocycles. The molecule has 0 saturated carbocycles. The standard InChI is InChI=1S/C17H24N2O2/c1-13(2)19-17(20)9-12-21-16-5-3-14(4-6-16)15-7-10-18-11-8-15/h3-7,13,18H,8-12H2,1-2H3,(H,19,20). The van der Waals surface area contributed by atoms with Crippen molar-refractivity contribution in [2.45, 2.75) is 32.7 Å². The Morgan fingerprint density at radius 2 is 2.10 bits per heavy atom. The van der Waals surface area contributed by atoms with Crippen LogP contribution in [-0.2, 0) is 4.79 Å². The summed E-state index contributed by atoms with van der Waals surface area (Å²) in [5.41, 5.74) is 2.64. The van der Waals surface area contributed by atoms with Crippen LogP contribution in [0.2, 0.25) is 0 Å². The van der Waals surface area contributed by atoms with Crippen molar-refractivity contribution < 1.29 is 9.53 Å². The summed E-state index contributed by atoms with van der Waals surface area (Å²) in [5, 5.41) is 6.16. The van der Waals surface area contributed by atoms with Crippen LogP contribution in [0, 0.1) is 0 Å². The van der Waals surface area contributed by atoms with Crippen LogP contribution in [0.5, 0.6) is 5.75 Å². The highest BCUT2D eigenvalue weighted by molar-refractivity contribution is 5.76. The molecule has 0 bridgehead atoms. The van der Waals surface area contributed by atoms with E-state index in [2.05, 4.69) is 28.8 Å². The molecular formula is C17H24N2O2. The monoisotopic (exact) mass is 288 g/mol. The molecule has 0 aliphatic carbocycles. The highest BCUT2D eigenvalue weighted by Crippen LogP contribution is 2.22. The van der Waals surface area contributed by atoms with Gasteiger partial charge in [0, 0.05) is 12.6 Å². The first kappa shape index (κ1) is 15.6. The SMILES string of the molecule is CC(C)NC(=O)CCOc1ccc(C2=CCNCC2)cc1. The van der Waals surface area contributed by atoms with Gasteiger partial charge in [-0.25, -0.2) is 0 Å². The van der Waals surface area contributed by atoms with Crippen LogP contribution in [-0.4, -0.2) is 31.6 Å². The molecule has 21 heavy (non-hydrogen) atoms. The van der Waals surface area contributed by atoms with E-state index >= 15 is 0 Å². The Labute approximate surface area is 126 Å². The van der Waals surface area contributed by atoms with Crippen LogP contribution in [0.25, 0.3) is 5.57 Å². The molecule has 0 fully saturated rings.